The molecule has 1 saturated heterocycles. The van der Waals surface area contributed by atoms with Crippen molar-refractivity contribution in [3.8, 4) is 16.9 Å². The lowest BCUT2D eigenvalue weighted by molar-refractivity contribution is -0.135. The summed E-state index contributed by atoms with van der Waals surface area (Å²) in [7, 11) is -4.01. The first kappa shape index (κ1) is 34.6. The van der Waals surface area contributed by atoms with E-state index in [0.29, 0.717) is 66.7 Å². The van der Waals surface area contributed by atoms with Crippen LogP contribution in [0.25, 0.3) is 11.1 Å². The van der Waals surface area contributed by atoms with E-state index in [9.17, 15) is 22.8 Å². The second-order valence-electron chi connectivity index (χ2n) is 12.1. The summed E-state index contributed by atoms with van der Waals surface area (Å²) in [5, 5.41) is 5.51. The highest BCUT2D eigenvalue weighted by Gasteiger charge is 2.35. The van der Waals surface area contributed by atoms with Gasteiger partial charge in [0.05, 0.1) is 30.3 Å². The van der Waals surface area contributed by atoms with Crippen LogP contribution in [0.5, 0.6) is 5.75 Å². The molecule has 260 valence electrons. The van der Waals surface area contributed by atoms with Crippen molar-refractivity contribution < 1.29 is 32.3 Å². The summed E-state index contributed by atoms with van der Waals surface area (Å²) in [4.78, 5) is 45.9. The molecule has 50 heavy (non-hydrogen) atoms. The predicted molar refractivity (Wildman–Crippen MR) is 189 cm³/mol. The first-order valence-electron chi connectivity index (χ1n) is 16.4. The van der Waals surface area contributed by atoms with Gasteiger partial charge in [-0.05, 0) is 53.9 Å². The number of nitrogens with zero attached hydrogens (tertiary/aromatic N) is 3. The third-order valence-electron chi connectivity index (χ3n) is 8.91. The highest BCUT2D eigenvalue weighted by Crippen LogP contribution is 2.38. The molecular weight excluding hydrogens is 659 g/mol. The van der Waals surface area contributed by atoms with Gasteiger partial charge in [0.2, 0.25) is 27.7 Å². The maximum atomic E-state index is 14.9. The molecule has 12 nitrogen and oxygen atoms in total. The Kier molecular flexibility index (Phi) is 10.5. The number of carbonyl (C=O) groups is 3. The van der Waals surface area contributed by atoms with Crippen LogP contribution >= 0.6 is 0 Å². The number of primary sulfonamides is 1. The van der Waals surface area contributed by atoms with E-state index in [1.165, 1.54) is 6.07 Å². The van der Waals surface area contributed by atoms with Crippen LogP contribution in [0.3, 0.4) is 0 Å². The minimum absolute atomic E-state index is 0.0246. The standard InChI is InChI=1S/C37H39N5O7S/c38-36(44)28-9-6-10-29(23-28)42(25-26-7-2-1-3-8-26)32(15-16-35(43)40-17-20-48-21-18-40)37(45)41-19-22-49-33-24-27(13-14-31(33)41)30-11-4-5-12-34(30)50(39,46)47/h1-14,23-24,32H,15-22,25H2,(H2,38,44)(H2,39,46,47). The molecule has 0 aromatic heterocycles. The van der Waals surface area contributed by atoms with E-state index >= 15 is 0 Å². The smallest absolute Gasteiger partial charge is 0.249 e. The zero-order valence-electron chi connectivity index (χ0n) is 27.4. The zero-order chi connectivity index (χ0) is 35.3. The summed E-state index contributed by atoms with van der Waals surface area (Å²) in [6, 6.07) is 27.2. The van der Waals surface area contributed by atoms with Crippen LogP contribution in [0.4, 0.5) is 11.4 Å². The van der Waals surface area contributed by atoms with E-state index < -0.39 is 22.0 Å². The number of morpholine rings is 1. The number of fused-ring (bicyclic) bond motifs is 1. The molecule has 6 rings (SSSR count). The normalized spacial score (nSPS) is 15.1. The fraction of sp³-hybridized carbons (Fsp3) is 0.270. The topological polar surface area (TPSA) is 166 Å². The first-order valence-corrected chi connectivity index (χ1v) is 17.9. The van der Waals surface area contributed by atoms with E-state index in [4.69, 9.17) is 20.3 Å². The molecule has 0 radical (unpaired) electrons. The second-order valence-corrected chi connectivity index (χ2v) is 13.7. The molecule has 2 aliphatic heterocycles. The lowest BCUT2D eigenvalue weighted by Crippen LogP contribution is -2.51. The summed E-state index contributed by atoms with van der Waals surface area (Å²) >= 11 is 0. The Bertz CT molecular complexity index is 1980. The molecule has 3 amide bonds. The van der Waals surface area contributed by atoms with Crippen molar-refractivity contribution in [1.29, 1.82) is 0 Å². The molecule has 4 aromatic rings. The van der Waals surface area contributed by atoms with Crippen molar-refractivity contribution in [2.75, 3.05) is 49.3 Å². The van der Waals surface area contributed by atoms with Gasteiger partial charge in [0.25, 0.3) is 0 Å². The van der Waals surface area contributed by atoms with Crippen LogP contribution < -0.4 is 25.4 Å². The molecule has 4 aromatic carbocycles. The number of amides is 3. The summed E-state index contributed by atoms with van der Waals surface area (Å²) in [6.45, 7) is 2.64. The van der Waals surface area contributed by atoms with Crippen molar-refractivity contribution in [2.45, 2.75) is 30.3 Å². The van der Waals surface area contributed by atoms with Gasteiger partial charge < -0.3 is 29.9 Å². The average Bonchev–Trinajstić information content (AvgIpc) is 3.14. The molecule has 0 bridgehead atoms. The molecule has 1 atom stereocenters. The molecular formula is C37H39N5O7S. The lowest BCUT2D eigenvalue weighted by atomic mass is 10.0. The van der Waals surface area contributed by atoms with E-state index in [1.54, 1.807) is 64.4 Å². The molecule has 4 N–H and O–H groups in total. The maximum Gasteiger partial charge on any atom is 0.249 e. The van der Waals surface area contributed by atoms with Crippen LogP contribution in [0, 0.1) is 0 Å². The Hall–Kier alpha value is -5.24. The monoisotopic (exact) mass is 697 g/mol. The van der Waals surface area contributed by atoms with E-state index in [1.807, 2.05) is 41.3 Å². The highest BCUT2D eigenvalue weighted by atomic mass is 32.2. The van der Waals surface area contributed by atoms with Gasteiger partial charge in [-0.1, -0.05) is 60.7 Å². The Morgan fingerprint density at radius 3 is 2.32 bits per heavy atom. The number of hydrogen-bond donors (Lipinski definition) is 2. The van der Waals surface area contributed by atoms with Crippen molar-refractivity contribution in [1.82, 2.24) is 4.90 Å². The molecule has 0 spiro atoms. The third kappa shape index (κ3) is 7.80. The largest absolute Gasteiger partial charge is 0.490 e. The van der Waals surface area contributed by atoms with Gasteiger partial charge in [0.15, 0.2) is 0 Å². The maximum absolute atomic E-state index is 14.9. The van der Waals surface area contributed by atoms with Crippen molar-refractivity contribution in [3.05, 3.63) is 108 Å². The van der Waals surface area contributed by atoms with Crippen LogP contribution in [0.2, 0.25) is 0 Å². The number of benzene rings is 4. The SMILES string of the molecule is NC(=O)c1cccc(N(Cc2ccccc2)C(CCC(=O)N2CCOCC2)C(=O)N2CCOc3cc(-c4ccccc4S(N)(=O)=O)ccc32)c1. The van der Waals surface area contributed by atoms with E-state index in [0.717, 1.165) is 5.56 Å². The van der Waals surface area contributed by atoms with Gasteiger partial charge in [-0.2, -0.15) is 0 Å². The van der Waals surface area contributed by atoms with Crippen LogP contribution in [0.15, 0.2) is 102 Å². The highest BCUT2D eigenvalue weighted by molar-refractivity contribution is 7.89. The van der Waals surface area contributed by atoms with Gasteiger partial charge in [0.1, 0.15) is 18.4 Å². The number of anilines is 2. The summed E-state index contributed by atoms with van der Waals surface area (Å²) in [5.41, 5.74) is 8.96. The molecule has 2 aliphatic rings. The Balaban J connectivity index is 1.39. The number of hydrogen-bond acceptors (Lipinski definition) is 8. The van der Waals surface area contributed by atoms with Gasteiger partial charge in [-0.3, -0.25) is 14.4 Å². The second kappa shape index (κ2) is 15.1. The van der Waals surface area contributed by atoms with Crippen molar-refractivity contribution >= 4 is 39.1 Å². The number of primary amides is 1. The zero-order valence-corrected chi connectivity index (χ0v) is 28.3. The summed E-state index contributed by atoms with van der Waals surface area (Å²) in [6.07, 6.45) is 0.298. The van der Waals surface area contributed by atoms with Crippen molar-refractivity contribution in [2.24, 2.45) is 10.9 Å². The molecule has 2 heterocycles. The fourth-order valence-corrected chi connectivity index (χ4v) is 7.15. The van der Waals surface area contributed by atoms with Crippen LogP contribution in [0.1, 0.15) is 28.8 Å². The number of carbonyl (C=O) groups excluding carboxylic acids is 3. The van der Waals surface area contributed by atoms with Crippen LogP contribution in [-0.4, -0.2) is 76.5 Å². The number of sulfonamides is 1. The minimum atomic E-state index is -4.01. The quantitative estimate of drug-likeness (QED) is 0.240. The number of rotatable bonds is 11. The molecule has 1 fully saturated rings. The van der Waals surface area contributed by atoms with Crippen molar-refractivity contribution in [3.63, 3.8) is 0 Å². The first-order chi connectivity index (χ1) is 24.1. The fourth-order valence-electron chi connectivity index (χ4n) is 6.39. The van der Waals surface area contributed by atoms with E-state index in [-0.39, 0.29) is 42.7 Å². The third-order valence-corrected chi connectivity index (χ3v) is 9.88. The molecule has 0 saturated carbocycles. The Morgan fingerprint density at radius 1 is 0.840 bits per heavy atom. The number of nitrogens with two attached hydrogens (primary N) is 2. The predicted octanol–water partition coefficient (Wildman–Crippen LogP) is 3.54. The number of ether oxygens (including phenoxy) is 2. The Labute approximate surface area is 291 Å². The van der Waals surface area contributed by atoms with Gasteiger partial charge in [0, 0.05) is 42.9 Å². The average molecular weight is 698 g/mol. The van der Waals surface area contributed by atoms with E-state index in [2.05, 4.69) is 0 Å². The summed E-state index contributed by atoms with van der Waals surface area (Å²) in [5.74, 6) is -0.529. The van der Waals surface area contributed by atoms with Gasteiger partial charge in [-0.15, -0.1) is 0 Å². The van der Waals surface area contributed by atoms with Crippen LogP contribution in [-0.2, 0) is 30.9 Å². The lowest BCUT2D eigenvalue weighted by Gasteiger charge is -2.38. The molecule has 1 unspecified atom stereocenters. The Morgan fingerprint density at radius 2 is 1.58 bits per heavy atom. The van der Waals surface area contributed by atoms with Gasteiger partial charge in [-0.25, -0.2) is 13.6 Å². The molecule has 13 heteroatoms. The summed E-state index contributed by atoms with van der Waals surface area (Å²) < 4.78 is 36.1. The van der Waals surface area contributed by atoms with Gasteiger partial charge >= 0.3 is 0 Å². The minimum Gasteiger partial charge on any atom is -0.490 e. The molecule has 0 aliphatic carbocycles.